The topological polar surface area (TPSA) is 43.4 Å². The molecular formula is C18H16O3. The number of rotatable bonds is 2. The fourth-order valence-corrected chi connectivity index (χ4v) is 3.12. The molecule has 106 valence electrons. The van der Waals surface area contributed by atoms with Gasteiger partial charge in [0.2, 0.25) is 0 Å². The van der Waals surface area contributed by atoms with E-state index in [2.05, 4.69) is 0 Å². The van der Waals surface area contributed by atoms with Gasteiger partial charge in [0, 0.05) is 11.1 Å². The van der Waals surface area contributed by atoms with E-state index < -0.39 is 5.92 Å². The Labute approximate surface area is 123 Å². The molecule has 21 heavy (non-hydrogen) atoms. The van der Waals surface area contributed by atoms with E-state index in [4.69, 9.17) is 4.74 Å². The van der Waals surface area contributed by atoms with Crippen molar-refractivity contribution in [2.75, 3.05) is 7.11 Å². The van der Waals surface area contributed by atoms with Gasteiger partial charge in [-0.2, -0.15) is 0 Å². The average Bonchev–Trinajstić information content (AvgIpc) is 2.71. The minimum atomic E-state index is -0.717. The third-order valence-corrected chi connectivity index (χ3v) is 4.00. The first-order valence-corrected chi connectivity index (χ1v) is 6.87. The third kappa shape index (κ3) is 1.97. The standard InChI is InChI=1S/C18H16O3/c1-10-8-12(9-11(2)18(10)21-3)15-16(19)13-6-4-5-7-14(13)17(15)20/h4-9,15H,1-3H3. The Morgan fingerprint density at radius 1 is 0.905 bits per heavy atom. The Kier molecular flexibility index (Phi) is 3.13. The van der Waals surface area contributed by atoms with Gasteiger partial charge in [-0.05, 0) is 30.5 Å². The van der Waals surface area contributed by atoms with Crippen LogP contribution in [0.5, 0.6) is 5.75 Å². The number of carbonyl (C=O) groups is 2. The second-order valence-corrected chi connectivity index (χ2v) is 5.40. The molecule has 0 bridgehead atoms. The summed E-state index contributed by atoms with van der Waals surface area (Å²) >= 11 is 0. The van der Waals surface area contributed by atoms with Crippen molar-refractivity contribution in [2.24, 2.45) is 0 Å². The van der Waals surface area contributed by atoms with Crippen LogP contribution in [-0.4, -0.2) is 18.7 Å². The maximum Gasteiger partial charge on any atom is 0.178 e. The summed E-state index contributed by atoms with van der Waals surface area (Å²) in [6.45, 7) is 3.85. The highest BCUT2D eigenvalue weighted by molar-refractivity contribution is 6.29. The first-order valence-electron chi connectivity index (χ1n) is 6.87. The smallest absolute Gasteiger partial charge is 0.178 e. The molecule has 0 aromatic heterocycles. The summed E-state index contributed by atoms with van der Waals surface area (Å²) in [6, 6.07) is 10.8. The first kappa shape index (κ1) is 13.6. The molecular weight excluding hydrogens is 264 g/mol. The summed E-state index contributed by atoms with van der Waals surface area (Å²) in [5.74, 6) is -0.140. The number of fused-ring (bicyclic) bond motifs is 1. The van der Waals surface area contributed by atoms with Crippen LogP contribution in [0.4, 0.5) is 0 Å². The molecule has 1 aliphatic carbocycles. The van der Waals surface area contributed by atoms with Gasteiger partial charge >= 0.3 is 0 Å². The molecule has 3 rings (SSSR count). The van der Waals surface area contributed by atoms with Crippen LogP contribution in [0.2, 0.25) is 0 Å². The number of ketones is 2. The lowest BCUT2D eigenvalue weighted by molar-refractivity contribution is 0.0890. The molecule has 1 aliphatic rings. The fraction of sp³-hybridized carbons (Fsp3) is 0.222. The number of Topliss-reactive ketones (excluding diaryl/α,β-unsaturated/α-hetero) is 2. The van der Waals surface area contributed by atoms with Gasteiger partial charge in [-0.1, -0.05) is 36.4 Å². The van der Waals surface area contributed by atoms with Crippen molar-refractivity contribution >= 4 is 11.6 Å². The average molecular weight is 280 g/mol. The van der Waals surface area contributed by atoms with Gasteiger partial charge in [0.1, 0.15) is 11.7 Å². The van der Waals surface area contributed by atoms with Gasteiger partial charge in [0.15, 0.2) is 11.6 Å². The maximum absolute atomic E-state index is 12.5. The van der Waals surface area contributed by atoms with Gasteiger partial charge in [-0.15, -0.1) is 0 Å². The lowest BCUT2D eigenvalue weighted by Gasteiger charge is -2.14. The Morgan fingerprint density at radius 2 is 1.38 bits per heavy atom. The molecule has 0 unspecified atom stereocenters. The van der Waals surface area contributed by atoms with Crippen molar-refractivity contribution in [1.29, 1.82) is 0 Å². The predicted octanol–water partition coefficient (Wildman–Crippen LogP) is 3.47. The molecule has 0 N–H and O–H groups in total. The molecule has 0 amide bonds. The SMILES string of the molecule is COc1c(C)cc(C2C(=O)c3ccccc3C2=O)cc1C. The van der Waals surface area contributed by atoms with Gasteiger partial charge in [0.05, 0.1) is 7.11 Å². The summed E-state index contributed by atoms with van der Waals surface area (Å²) in [4.78, 5) is 25.1. The van der Waals surface area contributed by atoms with Crippen molar-refractivity contribution in [3.8, 4) is 5.75 Å². The van der Waals surface area contributed by atoms with Gasteiger partial charge in [0.25, 0.3) is 0 Å². The largest absolute Gasteiger partial charge is 0.496 e. The lowest BCUT2D eigenvalue weighted by Crippen LogP contribution is -2.13. The number of carbonyl (C=O) groups excluding carboxylic acids is 2. The second kappa shape index (κ2) is 4.85. The van der Waals surface area contributed by atoms with E-state index in [1.807, 2.05) is 26.0 Å². The molecule has 0 saturated heterocycles. The molecule has 0 fully saturated rings. The Hall–Kier alpha value is -2.42. The molecule has 0 radical (unpaired) electrons. The van der Waals surface area contributed by atoms with Crippen molar-refractivity contribution in [1.82, 2.24) is 0 Å². The molecule has 0 aliphatic heterocycles. The van der Waals surface area contributed by atoms with E-state index >= 15 is 0 Å². The van der Waals surface area contributed by atoms with Crippen LogP contribution in [0.3, 0.4) is 0 Å². The van der Waals surface area contributed by atoms with Crippen molar-refractivity contribution in [2.45, 2.75) is 19.8 Å². The highest BCUT2D eigenvalue weighted by atomic mass is 16.5. The molecule has 0 heterocycles. The summed E-state index contributed by atoms with van der Waals surface area (Å²) in [5.41, 5.74) is 3.67. The third-order valence-electron chi connectivity index (χ3n) is 4.00. The summed E-state index contributed by atoms with van der Waals surface area (Å²) in [6.07, 6.45) is 0. The lowest BCUT2D eigenvalue weighted by atomic mass is 9.91. The Morgan fingerprint density at radius 3 is 1.81 bits per heavy atom. The number of methoxy groups -OCH3 is 1. The highest BCUT2D eigenvalue weighted by Crippen LogP contribution is 2.36. The van der Waals surface area contributed by atoms with Crippen molar-refractivity contribution < 1.29 is 14.3 Å². The molecule has 2 aromatic rings. The Bertz CT molecular complexity index is 701. The molecule has 2 aromatic carbocycles. The molecule has 0 spiro atoms. The van der Waals surface area contributed by atoms with E-state index in [9.17, 15) is 9.59 Å². The van der Waals surface area contributed by atoms with Gasteiger partial charge in [-0.25, -0.2) is 0 Å². The van der Waals surface area contributed by atoms with Gasteiger partial charge in [-0.3, -0.25) is 9.59 Å². The molecule has 0 saturated carbocycles. The molecule has 3 nitrogen and oxygen atoms in total. The summed E-state index contributed by atoms with van der Waals surface area (Å²) < 4.78 is 5.34. The van der Waals surface area contributed by atoms with E-state index in [0.717, 1.165) is 22.4 Å². The quantitative estimate of drug-likeness (QED) is 0.791. The van der Waals surface area contributed by atoms with Crippen LogP contribution >= 0.6 is 0 Å². The van der Waals surface area contributed by atoms with Gasteiger partial charge < -0.3 is 4.74 Å². The van der Waals surface area contributed by atoms with Crippen LogP contribution in [0.15, 0.2) is 36.4 Å². The summed E-state index contributed by atoms with van der Waals surface area (Å²) in [7, 11) is 1.62. The van der Waals surface area contributed by atoms with E-state index in [-0.39, 0.29) is 11.6 Å². The minimum absolute atomic E-state index is 0.112. The van der Waals surface area contributed by atoms with E-state index in [1.54, 1.807) is 31.4 Å². The number of ether oxygens (including phenoxy) is 1. The van der Waals surface area contributed by atoms with E-state index in [0.29, 0.717) is 11.1 Å². The first-order chi connectivity index (χ1) is 10.0. The zero-order valence-electron chi connectivity index (χ0n) is 12.3. The number of aryl methyl sites for hydroxylation is 2. The van der Waals surface area contributed by atoms with Crippen LogP contribution in [-0.2, 0) is 0 Å². The number of benzene rings is 2. The fourth-order valence-electron chi connectivity index (χ4n) is 3.12. The molecule has 3 heteroatoms. The second-order valence-electron chi connectivity index (χ2n) is 5.40. The number of hydrogen-bond donors (Lipinski definition) is 0. The monoisotopic (exact) mass is 280 g/mol. The molecule has 0 atom stereocenters. The van der Waals surface area contributed by atoms with Crippen LogP contribution < -0.4 is 4.74 Å². The van der Waals surface area contributed by atoms with E-state index in [1.165, 1.54) is 0 Å². The highest BCUT2D eigenvalue weighted by Gasteiger charge is 2.39. The van der Waals surface area contributed by atoms with Crippen LogP contribution in [0, 0.1) is 13.8 Å². The minimum Gasteiger partial charge on any atom is -0.496 e. The van der Waals surface area contributed by atoms with Crippen LogP contribution in [0.25, 0.3) is 0 Å². The maximum atomic E-state index is 12.5. The zero-order valence-corrected chi connectivity index (χ0v) is 12.3. The number of hydrogen-bond acceptors (Lipinski definition) is 3. The van der Waals surface area contributed by atoms with Crippen molar-refractivity contribution in [3.05, 3.63) is 64.2 Å². The zero-order chi connectivity index (χ0) is 15.1. The predicted molar refractivity (Wildman–Crippen MR) is 80.3 cm³/mol. The van der Waals surface area contributed by atoms with Crippen LogP contribution in [0.1, 0.15) is 43.3 Å². The van der Waals surface area contributed by atoms with Crippen molar-refractivity contribution in [3.63, 3.8) is 0 Å². The normalized spacial score (nSPS) is 14.4. The Balaban J connectivity index is 2.11. The summed E-state index contributed by atoms with van der Waals surface area (Å²) in [5, 5.41) is 0.